The number of fused-ring (bicyclic) bond motifs is 1. The molecule has 4 heterocycles. The predicted octanol–water partition coefficient (Wildman–Crippen LogP) is 3.66. The first kappa shape index (κ1) is 17.1. The lowest BCUT2D eigenvalue weighted by atomic mass is 9.94. The minimum absolute atomic E-state index is 0.138. The highest BCUT2D eigenvalue weighted by Gasteiger charge is 2.30. The van der Waals surface area contributed by atoms with Gasteiger partial charge in [-0.3, -0.25) is 0 Å². The van der Waals surface area contributed by atoms with Crippen LogP contribution in [0.4, 0.5) is 10.3 Å². The lowest BCUT2D eigenvalue weighted by Crippen LogP contribution is -2.41. The topological polar surface area (TPSA) is 59.7 Å². The van der Waals surface area contributed by atoms with Crippen LogP contribution in [-0.4, -0.2) is 37.6 Å². The van der Waals surface area contributed by atoms with Crippen LogP contribution in [0.3, 0.4) is 0 Å². The van der Waals surface area contributed by atoms with E-state index >= 15 is 0 Å². The fraction of sp³-hybridized carbons (Fsp3) is 0.444. The molecule has 1 aliphatic rings. The van der Waals surface area contributed by atoms with Gasteiger partial charge in [-0.15, -0.1) is 0 Å². The van der Waals surface area contributed by atoms with Crippen molar-refractivity contribution < 1.29 is 4.39 Å². The largest absolute Gasteiger partial charge is 0.340 e. The van der Waals surface area contributed by atoms with Gasteiger partial charge in [0.15, 0.2) is 5.82 Å². The second-order valence-electron chi connectivity index (χ2n) is 6.77. The molecule has 1 fully saturated rings. The summed E-state index contributed by atoms with van der Waals surface area (Å²) in [6.45, 7) is 5.85. The molecule has 8 heteroatoms. The van der Waals surface area contributed by atoms with Crippen molar-refractivity contribution >= 4 is 28.6 Å². The summed E-state index contributed by atoms with van der Waals surface area (Å²) in [4.78, 5) is 19.3. The first-order chi connectivity index (χ1) is 12.6. The molecular weight excluding hydrogens is 355 g/mol. The van der Waals surface area contributed by atoms with Crippen molar-refractivity contribution in [2.75, 3.05) is 18.0 Å². The van der Waals surface area contributed by atoms with Crippen molar-refractivity contribution in [2.24, 2.45) is 5.92 Å². The molecule has 136 valence electrons. The first-order valence-corrected chi connectivity index (χ1v) is 9.18. The van der Waals surface area contributed by atoms with Crippen LogP contribution in [0, 0.1) is 11.7 Å². The van der Waals surface area contributed by atoms with Crippen molar-refractivity contribution in [2.45, 2.75) is 32.7 Å². The molecule has 3 aromatic rings. The molecule has 0 radical (unpaired) electrons. The lowest BCUT2D eigenvalue weighted by Gasteiger charge is -2.37. The van der Waals surface area contributed by atoms with Gasteiger partial charge in [-0.25, -0.2) is 24.3 Å². The van der Waals surface area contributed by atoms with Crippen LogP contribution in [0.1, 0.15) is 31.9 Å². The summed E-state index contributed by atoms with van der Waals surface area (Å²) in [5.74, 6) is 0.655. The zero-order valence-electron chi connectivity index (χ0n) is 14.7. The van der Waals surface area contributed by atoms with Gasteiger partial charge >= 0.3 is 0 Å². The smallest absolute Gasteiger partial charge is 0.225 e. The van der Waals surface area contributed by atoms with Gasteiger partial charge in [-0.05, 0) is 24.3 Å². The van der Waals surface area contributed by atoms with E-state index in [1.165, 1.54) is 12.5 Å². The van der Waals surface area contributed by atoms with Crippen LogP contribution in [-0.2, 0) is 6.42 Å². The molecule has 3 aromatic heterocycles. The number of aromatic nitrogens is 5. The Hall–Kier alpha value is -2.28. The van der Waals surface area contributed by atoms with Crippen molar-refractivity contribution in [1.82, 2.24) is 24.5 Å². The van der Waals surface area contributed by atoms with E-state index in [1.54, 1.807) is 0 Å². The maximum Gasteiger partial charge on any atom is 0.225 e. The highest BCUT2D eigenvalue weighted by Crippen LogP contribution is 2.34. The Morgan fingerprint density at radius 3 is 2.69 bits per heavy atom. The predicted molar refractivity (Wildman–Crippen MR) is 98.9 cm³/mol. The number of hydrogen-bond donors (Lipinski definition) is 0. The summed E-state index contributed by atoms with van der Waals surface area (Å²) < 4.78 is 16.3. The molecule has 0 saturated carbocycles. The van der Waals surface area contributed by atoms with E-state index in [1.807, 2.05) is 17.0 Å². The first-order valence-electron chi connectivity index (χ1n) is 8.81. The number of halogens is 2. The molecule has 0 unspecified atom stereocenters. The van der Waals surface area contributed by atoms with Gasteiger partial charge in [0.1, 0.15) is 17.1 Å². The monoisotopic (exact) mass is 374 g/mol. The van der Waals surface area contributed by atoms with Crippen LogP contribution in [0.25, 0.3) is 11.0 Å². The van der Waals surface area contributed by atoms with Crippen LogP contribution in [0.5, 0.6) is 0 Å². The summed E-state index contributed by atoms with van der Waals surface area (Å²) in [6, 6.07) is 0.138. The summed E-state index contributed by atoms with van der Waals surface area (Å²) in [5, 5.41) is 0.447. The Bertz CT molecular complexity index is 925. The molecule has 4 rings (SSSR count). The number of piperidine rings is 1. The second-order valence-corrected chi connectivity index (χ2v) is 7.13. The number of rotatable bonds is 3. The van der Waals surface area contributed by atoms with Crippen LogP contribution in [0.15, 0.2) is 24.9 Å². The standard InChI is InChI=1S/C18H20ClFN6/c1-3-12-6-21-18(22-7-12)25-5-4-14(11(2)8-25)26-9-13(20)15-16(19)23-10-24-17(15)26/h6-7,9-11,14H,3-5,8H2,1-2H3/t11-,14+/m1/s1. The minimum atomic E-state index is -0.376. The van der Waals surface area contributed by atoms with E-state index in [0.717, 1.165) is 37.4 Å². The molecule has 0 amide bonds. The maximum absolute atomic E-state index is 14.3. The normalized spacial score (nSPS) is 20.7. The zero-order valence-corrected chi connectivity index (χ0v) is 15.5. The third-order valence-corrected chi connectivity index (χ3v) is 5.40. The fourth-order valence-corrected chi connectivity index (χ4v) is 3.90. The van der Waals surface area contributed by atoms with E-state index in [0.29, 0.717) is 11.0 Å². The van der Waals surface area contributed by atoms with Crippen molar-refractivity contribution in [1.29, 1.82) is 0 Å². The maximum atomic E-state index is 14.3. The molecule has 0 aromatic carbocycles. The van der Waals surface area contributed by atoms with Gasteiger partial charge in [-0.1, -0.05) is 25.4 Å². The summed E-state index contributed by atoms with van der Waals surface area (Å²) in [6.07, 6.45) is 8.41. The van der Waals surface area contributed by atoms with Crippen molar-refractivity contribution in [3.63, 3.8) is 0 Å². The Labute approximate surface area is 156 Å². The number of anilines is 1. The quantitative estimate of drug-likeness (QED) is 0.655. The van der Waals surface area contributed by atoms with Gasteiger partial charge < -0.3 is 9.47 Å². The molecule has 1 aliphatic heterocycles. The van der Waals surface area contributed by atoms with E-state index in [9.17, 15) is 4.39 Å². The van der Waals surface area contributed by atoms with Gasteiger partial charge in [0.2, 0.25) is 5.95 Å². The lowest BCUT2D eigenvalue weighted by molar-refractivity contribution is 0.300. The summed E-state index contributed by atoms with van der Waals surface area (Å²) in [5.41, 5.74) is 1.68. The average Bonchev–Trinajstić information content (AvgIpc) is 2.99. The van der Waals surface area contributed by atoms with Gasteiger partial charge in [-0.2, -0.15) is 0 Å². The highest BCUT2D eigenvalue weighted by atomic mass is 35.5. The Kier molecular flexibility index (Phi) is 4.48. The SMILES string of the molecule is CCc1cnc(N2CC[C@H](n3cc(F)c4c(Cl)ncnc43)[C@H](C)C2)nc1. The Morgan fingerprint density at radius 1 is 1.23 bits per heavy atom. The fourth-order valence-electron chi connectivity index (χ4n) is 3.68. The van der Waals surface area contributed by atoms with Crippen LogP contribution in [0.2, 0.25) is 5.15 Å². The Balaban J connectivity index is 1.59. The summed E-state index contributed by atoms with van der Waals surface area (Å²) in [7, 11) is 0. The minimum Gasteiger partial charge on any atom is -0.340 e. The highest BCUT2D eigenvalue weighted by molar-refractivity contribution is 6.34. The van der Waals surface area contributed by atoms with E-state index < -0.39 is 0 Å². The van der Waals surface area contributed by atoms with Crippen LogP contribution < -0.4 is 4.90 Å². The number of hydrogen-bond acceptors (Lipinski definition) is 5. The van der Waals surface area contributed by atoms with E-state index in [4.69, 9.17) is 11.6 Å². The molecule has 1 saturated heterocycles. The zero-order chi connectivity index (χ0) is 18.3. The van der Waals surface area contributed by atoms with Gasteiger partial charge in [0.05, 0.1) is 5.39 Å². The third-order valence-electron chi connectivity index (χ3n) is 5.12. The molecule has 6 nitrogen and oxygen atoms in total. The van der Waals surface area contributed by atoms with Gasteiger partial charge in [0, 0.05) is 37.7 Å². The molecule has 0 bridgehead atoms. The molecule has 0 spiro atoms. The van der Waals surface area contributed by atoms with Crippen molar-refractivity contribution in [3.05, 3.63) is 41.5 Å². The van der Waals surface area contributed by atoms with Crippen molar-refractivity contribution in [3.8, 4) is 0 Å². The molecule has 26 heavy (non-hydrogen) atoms. The number of nitrogens with zero attached hydrogens (tertiary/aromatic N) is 6. The average molecular weight is 375 g/mol. The molecule has 0 N–H and O–H groups in total. The Morgan fingerprint density at radius 2 is 2.00 bits per heavy atom. The van der Waals surface area contributed by atoms with E-state index in [2.05, 4.69) is 38.7 Å². The van der Waals surface area contributed by atoms with Crippen LogP contribution >= 0.6 is 11.6 Å². The molecular formula is C18H20ClFN6. The van der Waals surface area contributed by atoms with Gasteiger partial charge in [0.25, 0.3) is 0 Å². The summed E-state index contributed by atoms with van der Waals surface area (Å²) >= 11 is 6.05. The molecule has 2 atom stereocenters. The molecule has 0 aliphatic carbocycles. The van der Waals surface area contributed by atoms with E-state index in [-0.39, 0.29) is 22.9 Å². The second kappa shape index (κ2) is 6.79. The number of aryl methyl sites for hydroxylation is 1. The third kappa shape index (κ3) is 2.90.